The van der Waals surface area contributed by atoms with Gasteiger partial charge in [-0.3, -0.25) is 5.32 Å². The van der Waals surface area contributed by atoms with Crippen LogP contribution in [0.5, 0.6) is 0 Å². The van der Waals surface area contributed by atoms with Gasteiger partial charge in [-0.1, -0.05) is 39.3 Å². The first-order valence-electron chi connectivity index (χ1n) is 13.1. The average Bonchev–Trinajstić information content (AvgIpc) is 3.16. The van der Waals surface area contributed by atoms with Crippen molar-refractivity contribution in [3.8, 4) is 0 Å². The van der Waals surface area contributed by atoms with E-state index in [1.54, 1.807) is 5.57 Å². The third-order valence-corrected chi connectivity index (χ3v) is 11.6. The number of hydrogen-bond acceptors (Lipinski definition) is 3. The number of fused-ring (bicyclic) bond motifs is 7. The summed E-state index contributed by atoms with van der Waals surface area (Å²) in [6.07, 6.45) is 13.8. The van der Waals surface area contributed by atoms with E-state index in [2.05, 4.69) is 39.1 Å². The van der Waals surface area contributed by atoms with Crippen molar-refractivity contribution in [2.75, 3.05) is 6.54 Å². The summed E-state index contributed by atoms with van der Waals surface area (Å²) in [7, 11) is 0. The van der Waals surface area contributed by atoms with Gasteiger partial charge in [-0.15, -0.1) is 0 Å². The number of allylic oxidation sites excluding steroid dienone is 1. The molecule has 0 unspecified atom stereocenters. The molecular weight excluding hydrogens is 370 g/mol. The Hall–Kier alpha value is -0.380. The summed E-state index contributed by atoms with van der Waals surface area (Å²) in [6.45, 7) is 11.2. The molecule has 0 aromatic rings. The predicted molar refractivity (Wildman–Crippen MR) is 120 cm³/mol. The summed E-state index contributed by atoms with van der Waals surface area (Å²) < 4.78 is 7.00. The molecule has 2 saturated heterocycles. The summed E-state index contributed by atoms with van der Waals surface area (Å²) in [4.78, 5) is 0. The molecule has 3 nitrogen and oxygen atoms in total. The molecule has 0 amide bonds. The van der Waals surface area contributed by atoms with Crippen LogP contribution in [0.25, 0.3) is 0 Å². The zero-order valence-electron chi connectivity index (χ0n) is 19.6. The maximum absolute atomic E-state index is 10.3. The lowest BCUT2D eigenvalue weighted by atomic mass is 9.47. The van der Waals surface area contributed by atoms with Crippen molar-refractivity contribution >= 4 is 0 Å². The molecule has 6 aliphatic rings. The van der Waals surface area contributed by atoms with Crippen LogP contribution >= 0.6 is 0 Å². The number of piperidine rings is 1. The topological polar surface area (TPSA) is 41.5 Å². The lowest BCUT2D eigenvalue weighted by molar-refractivity contribution is -0.115. The lowest BCUT2D eigenvalue weighted by Gasteiger charge is -2.58. The maximum atomic E-state index is 10.3. The largest absolute Gasteiger partial charge is 0.393 e. The van der Waals surface area contributed by atoms with Crippen molar-refractivity contribution in [1.29, 1.82) is 0 Å². The van der Waals surface area contributed by atoms with Gasteiger partial charge >= 0.3 is 0 Å². The minimum absolute atomic E-state index is 0.0439. The molecule has 2 heterocycles. The van der Waals surface area contributed by atoms with E-state index in [9.17, 15) is 5.11 Å². The van der Waals surface area contributed by atoms with E-state index >= 15 is 0 Å². The molecule has 0 aromatic heterocycles. The number of nitrogens with one attached hydrogen (secondary N) is 1. The number of rotatable bonds is 0. The first-order valence-corrected chi connectivity index (χ1v) is 13.1. The van der Waals surface area contributed by atoms with E-state index in [-0.39, 0.29) is 11.8 Å². The van der Waals surface area contributed by atoms with Gasteiger partial charge in [-0.2, -0.15) is 0 Å². The lowest BCUT2D eigenvalue weighted by Crippen LogP contribution is -2.57. The normalized spacial score (nSPS) is 59.8. The van der Waals surface area contributed by atoms with Gasteiger partial charge in [-0.25, -0.2) is 0 Å². The van der Waals surface area contributed by atoms with Crippen molar-refractivity contribution in [1.82, 2.24) is 5.32 Å². The Labute approximate surface area is 183 Å². The molecule has 3 saturated carbocycles. The zero-order valence-corrected chi connectivity index (χ0v) is 19.6. The van der Waals surface area contributed by atoms with Crippen LogP contribution in [-0.2, 0) is 4.74 Å². The molecular formula is C27H43NO2. The molecule has 1 spiro atoms. The molecule has 0 radical (unpaired) electrons. The van der Waals surface area contributed by atoms with Gasteiger partial charge in [0.15, 0.2) is 0 Å². The monoisotopic (exact) mass is 413 g/mol. The molecule has 3 heteroatoms. The highest BCUT2D eigenvalue weighted by Gasteiger charge is 2.68. The molecule has 168 valence electrons. The molecule has 0 aromatic carbocycles. The third kappa shape index (κ3) is 2.55. The van der Waals surface area contributed by atoms with E-state index < -0.39 is 0 Å². The van der Waals surface area contributed by atoms with Gasteiger partial charge in [-0.05, 0) is 98.2 Å². The summed E-state index contributed by atoms with van der Waals surface area (Å²) in [6, 6.07) is 0. The Morgan fingerprint density at radius 1 is 1.07 bits per heavy atom. The van der Waals surface area contributed by atoms with Crippen LogP contribution < -0.4 is 5.32 Å². The van der Waals surface area contributed by atoms with Gasteiger partial charge in [0.25, 0.3) is 0 Å². The van der Waals surface area contributed by atoms with E-state index in [0.717, 1.165) is 49.0 Å². The van der Waals surface area contributed by atoms with Gasteiger partial charge < -0.3 is 9.84 Å². The van der Waals surface area contributed by atoms with Crippen molar-refractivity contribution in [3.63, 3.8) is 0 Å². The van der Waals surface area contributed by atoms with Crippen molar-refractivity contribution in [3.05, 3.63) is 11.6 Å². The second kappa shape index (κ2) is 6.58. The van der Waals surface area contributed by atoms with Crippen LogP contribution in [0, 0.1) is 46.3 Å². The van der Waals surface area contributed by atoms with Crippen molar-refractivity contribution < 1.29 is 9.84 Å². The van der Waals surface area contributed by atoms with Gasteiger partial charge in [0, 0.05) is 12.5 Å². The number of aliphatic hydroxyl groups is 1. The fourth-order valence-electron chi connectivity index (χ4n) is 9.84. The highest BCUT2D eigenvalue weighted by atomic mass is 16.5. The quantitative estimate of drug-likeness (QED) is 0.530. The van der Waals surface area contributed by atoms with Gasteiger partial charge in [0.2, 0.25) is 0 Å². The van der Waals surface area contributed by atoms with Crippen LogP contribution in [0.3, 0.4) is 0 Å². The predicted octanol–water partition coefficient (Wildman–Crippen LogP) is 5.29. The molecule has 2 aliphatic heterocycles. The van der Waals surface area contributed by atoms with Crippen LogP contribution in [0.1, 0.15) is 85.5 Å². The van der Waals surface area contributed by atoms with Crippen LogP contribution in [-0.4, -0.2) is 29.6 Å². The third-order valence-electron chi connectivity index (χ3n) is 11.6. The Morgan fingerprint density at radius 2 is 1.90 bits per heavy atom. The van der Waals surface area contributed by atoms with Gasteiger partial charge in [0.1, 0.15) is 5.72 Å². The molecule has 5 fully saturated rings. The minimum atomic E-state index is -0.100. The standard InChI is InChI=1S/C27H43NO2/c1-16-7-12-27(28-15-16)17(2)24-23(30-27)14-22-20-6-5-18-13-19(29)8-10-25(18,3)21(20)9-11-26(22,24)4/h5,16-17,19-24,28-29H,6-15H2,1-4H3/t16-,17-,19+,20+,21-,22+,23+,24-,25+,26+,27-/m0/s1. The highest BCUT2D eigenvalue weighted by Crippen LogP contribution is 2.70. The minimum Gasteiger partial charge on any atom is -0.393 e. The molecule has 11 atom stereocenters. The summed E-state index contributed by atoms with van der Waals surface area (Å²) in [5.41, 5.74) is 2.33. The fourth-order valence-corrected chi connectivity index (χ4v) is 9.84. The Balaban J connectivity index is 1.28. The Morgan fingerprint density at radius 3 is 2.67 bits per heavy atom. The Bertz CT molecular complexity index is 739. The van der Waals surface area contributed by atoms with E-state index in [4.69, 9.17) is 4.74 Å². The fraction of sp³-hybridized carbons (Fsp3) is 0.926. The first-order chi connectivity index (χ1) is 14.3. The second-order valence-electron chi connectivity index (χ2n) is 12.8. The molecule has 6 rings (SSSR count). The smallest absolute Gasteiger partial charge is 0.122 e. The second-order valence-corrected chi connectivity index (χ2v) is 12.8. The molecule has 2 N–H and O–H groups in total. The van der Waals surface area contributed by atoms with Crippen LogP contribution in [0.4, 0.5) is 0 Å². The molecule has 4 aliphatic carbocycles. The molecule has 30 heavy (non-hydrogen) atoms. The maximum Gasteiger partial charge on any atom is 0.122 e. The summed E-state index contributed by atoms with van der Waals surface area (Å²) in [5, 5.41) is 14.1. The van der Waals surface area contributed by atoms with E-state index in [1.165, 1.54) is 44.9 Å². The molecule has 0 bridgehead atoms. The summed E-state index contributed by atoms with van der Waals surface area (Å²) in [5.74, 6) is 4.58. The van der Waals surface area contributed by atoms with E-state index in [1.807, 2.05) is 0 Å². The van der Waals surface area contributed by atoms with Crippen LogP contribution in [0.2, 0.25) is 0 Å². The zero-order chi connectivity index (χ0) is 20.9. The SMILES string of the molecule is C[C@H]1CC[C@]2(NC1)O[C@@H]1C[C@@H]3[C@@H]4CC=C5C[C@H](O)CC[C@@]5(C)[C@H]4CC[C@@]3(C)[C@H]1[C@@H]2C. The Kier molecular flexibility index (Phi) is 4.44. The number of hydrogen-bond donors (Lipinski definition) is 2. The van der Waals surface area contributed by atoms with E-state index in [0.29, 0.717) is 22.9 Å². The summed E-state index contributed by atoms with van der Waals surface area (Å²) >= 11 is 0. The highest BCUT2D eigenvalue weighted by molar-refractivity contribution is 5.26. The van der Waals surface area contributed by atoms with Crippen molar-refractivity contribution in [2.24, 2.45) is 46.3 Å². The average molecular weight is 414 g/mol. The van der Waals surface area contributed by atoms with Gasteiger partial charge in [0.05, 0.1) is 12.2 Å². The number of ether oxygens (including phenoxy) is 1. The number of aliphatic hydroxyl groups excluding tert-OH is 1. The first kappa shape index (κ1) is 20.2. The van der Waals surface area contributed by atoms with Crippen molar-refractivity contribution in [2.45, 2.75) is 103 Å². The van der Waals surface area contributed by atoms with Crippen LogP contribution in [0.15, 0.2) is 11.6 Å².